The first-order valence-electron chi connectivity index (χ1n) is 35.8. The molecule has 1 amide bonds. The number of hydrogen-bond acceptors (Lipinski definition) is 5. The Bertz CT molecular complexity index is 1280. The molecule has 0 fully saturated rings. The number of rotatable bonds is 67. The Kier molecular flexibility index (Phi) is 66.9. The van der Waals surface area contributed by atoms with Gasteiger partial charge in [0.1, 0.15) is 0 Å². The van der Waals surface area contributed by atoms with Crippen LogP contribution < -0.4 is 5.32 Å². The maximum absolute atomic E-state index is 12.5. The van der Waals surface area contributed by atoms with Crippen molar-refractivity contribution >= 4 is 11.9 Å². The van der Waals surface area contributed by atoms with Crippen LogP contribution in [0.4, 0.5) is 0 Å². The number of hydrogen-bond donors (Lipinski definition) is 3. The molecule has 0 spiro atoms. The number of carbonyl (C=O) groups is 2. The van der Waals surface area contributed by atoms with Gasteiger partial charge in [-0.25, -0.2) is 0 Å². The highest BCUT2D eigenvalue weighted by molar-refractivity contribution is 5.76. The fourth-order valence-corrected chi connectivity index (χ4v) is 11.2. The molecule has 0 radical (unpaired) electrons. The van der Waals surface area contributed by atoms with Crippen LogP contribution in [0.25, 0.3) is 0 Å². The highest BCUT2D eigenvalue weighted by Gasteiger charge is 2.18. The van der Waals surface area contributed by atoms with Crippen LogP contribution in [0.2, 0.25) is 0 Å². The lowest BCUT2D eigenvalue weighted by atomic mass is 10.0. The van der Waals surface area contributed by atoms with Crippen molar-refractivity contribution in [3.63, 3.8) is 0 Å². The second-order valence-electron chi connectivity index (χ2n) is 24.6. The molecule has 2 atom stereocenters. The molecule has 0 saturated heterocycles. The number of aliphatic hydroxyl groups is 2. The van der Waals surface area contributed by atoms with E-state index in [9.17, 15) is 19.8 Å². The average molecular weight is 1110 g/mol. The normalized spacial score (nSPS) is 12.7. The van der Waals surface area contributed by atoms with E-state index in [1.54, 1.807) is 6.08 Å². The molecule has 0 rings (SSSR count). The Morgan fingerprint density at radius 2 is 0.633 bits per heavy atom. The van der Waals surface area contributed by atoms with Crippen LogP contribution in [0, 0.1) is 0 Å². The zero-order valence-corrected chi connectivity index (χ0v) is 53.4. The summed E-state index contributed by atoms with van der Waals surface area (Å²) in [5.74, 6) is -0.0549. The third-order valence-corrected chi connectivity index (χ3v) is 16.7. The van der Waals surface area contributed by atoms with Crippen LogP contribution in [-0.4, -0.2) is 47.4 Å². The molecule has 0 aromatic heterocycles. The average Bonchev–Trinajstić information content (AvgIpc) is 3.45. The molecule has 0 saturated carbocycles. The van der Waals surface area contributed by atoms with E-state index in [0.717, 1.165) is 51.4 Å². The summed E-state index contributed by atoms with van der Waals surface area (Å²) in [5, 5.41) is 23.2. The zero-order chi connectivity index (χ0) is 57.1. The van der Waals surface area contributed by atoms with Gasteiger partial charge in [-0.15, -0.1) is 0 Å². The summed E-state index contributed by atoms with van der Waals surface area (Å²) >= 11 is 0. The summed E-state index contributed by atoms with van der Waals surface area (Å²) in [6.45, 7) is 4.91. The van der Waals surface area contributed by atoms with Gasteiger partial charge in [-0.05, 0) is 64.2 Å². The van der Waals surface area contributed by atoms with Gasteiger partial charge in [0.05, 0.1) is 25.4 Å². The van der Waals surface area contributed by atoms with E-state index in [0.29, 0.717) is 19.4 Å². The van der Waals surface area contributed by atoms with Gasteiger partial charge in [0.2, 0.25) is 5.91 Å². The van der Waals surface area contributed by atoms with Crippen molar-refractivity contribution in [2.24, 2.45) is 0 Å². The van der Waals surface area contributed by atoms with Crippen molar-refractivity contribution in [1.82, 2.24) is 5.32 Å². The molecule has 6 nitrogen and oxygen atoms in total. The second-order valence-corrected chi connectivity index (χ2v) is 24.6. The lowest BCUT2D eigenvalue weighted by Crippen LogP contribution is -2.45. The third kappa shape index (κ3) is 65.1. The van der Waals surface area contributed by atoms with Gasteiger partial charge >= 0.3 is 5.97 Å². The van der Waals surface area contributed by atoms with E-state index < -0.39 is 12.1 Å². The number of nitrogens with one attached hydrogen (secondary N) is 1. The molecule has 0 aliphatic carbocycles. The molecule has 0 bridgehead atoms. The molecule has 6 heteroatoms. The van der Waals surface area contributed by atoms with Crippen molar-refractivity contribution < 1.29 is 24.5 Å². The fraction of sp³-hybridized carbons (Fsp3) is 0.890. The Labute approximate surface area is 494 Å². The molecule has 2 unspecified atom stereocenters. The van der Waals surface area contributed by atoms with Gasteiger partial charge < -0.3 is 20.3 Å². The monoisotopic (exact) mass is 1110 g/mol. The largest absolute Gasteiger partial charge is 0.466 e. The molecule has 466 valence electrons. The highest BCUT2D eigenvalue weighted by atomic mass is 16.5. The Morgan fingerprint density at radius 3 is 0.975 bits per heavy atom. The summed E-state index contributed by atoms with van der Waals surface area (Å²) in [7, 11) is 0. The van der Waals surface area contributed by atoms with Crippen LogP contribution in [0.5, 0.6) is 0 Å². The van der Waals surface area contributed by atoms with Gasteiger partial charge in [0.15, 0.2) is 0 Å². The van der Waals surface area contributed by atoms with Gasteiger partial charge in [-0.3, -0.25) is 9.59 Å². The smallest absolute Gasteiger partial charge is 0.305 e. The fourth-order valence-electron chi connectivity index (χ4n) is 11.2. The standard InChI is InChI=1S/C73H139NO5/c1-3-5-7-9-11-13-15-17-19-37-41-45-49-53-57-61-65-71(76)70(69-75)74-72(77)66-62-58-54-50-46-42-38-35-33-31-29-27-25-23-21-22-24-26-28-30-32-34-36-40-44-48-52-56-60-64-68-79-73(78)67-63-59-55-51-47-43-39-20-18-16-14-12-10-8-6-4-2/h14,16,20,39,61,65,70-71,75-76H,3-13,15,17-19,21-38,40-60,62-64,66-69H2,1-2H3,(H,74,77)/b16-14-,39-20-,65-61+. The van der Waals surface area contributed by atoms with Crippen molar-refractivity contribution in [2.45, 2.75) is 405 Å². The predicted octanol–water partition coefficient (Wildman–Crippen LogP) is 23.1. The first kappa shape index (κ1) is 77.1. The molecular weight excluding hydrogens is 971 g/mol. The predicted molar refractivity (Wildman–Crippen MR) is 347 cm³/mol. The first-order valence-corrected chi connectivity index (χ1v) is 35.8. The van der Waals surface area contributed by atoms with Crippen molar-refractivity contribution in [3.05, 3.63) is 36.5 Å². The number of esters is 1. The minimum absolute atomic E-state index is 0.00666. The first-order chi connectivity index (χ1) is 39.0. The van der Waals surface area contributed by atoms with E-state index in [1.165, 1.54) is 315 Å². The van der Waals surface area contributed by atoms with Gasteiger partial charge in [-0.2, -0.15) is 0 Å². The number of amides is 1. The number of unbranched alkanes of at least 4 members (excludes halogenated alkanes) is 52. The Balaban J connectivity index is 3.35. The van der Waals surface area contributed by atoms with E-state index in [2.05, 4.69) is 43.5 Å². The molecule has 0 heterocycles. The maximum Gasteiger partial charge on any atom is 0.305 e. The summed E-state index contributed by atoms with van der Waals surface area (Å²) in [6, 6.07) is -0.625. The minimum Gasteiger partial charge on any atom is -0.466 e. The summed E-state index contributed by atoms with van der Waals surface area (Å²) in [4.78, 5) is 24.6. The Morgan fingerprint density at radius 1 is 0.354 bits per heavy atom. The second kappa shape index (κ2) is 68.6. The topological polar surface area (TPSA) is 95.9 Å². The maximum atomic E-state index is 12.5. The van der Waals surface area contributed by atoms with E-state index in [4.69, 9.17) is 4.74 Å². The van der Waals surface area contributed by atoms with Crippen LogP contribution in [0.15, 0.2) is 36.5 Å². The van der Waals surface area contributed by atoms with E-state index in [-0.39, 0.29) is 18.5 Å². The van der Waals surface area contributed by atoms with E-state index in [1.807, 2.05) is 6.08 Å². The molecule has 0 aliphatic rings. The SMILES string of the molecule is CCCCCC/C=C\C/C=C\CCCCCCCC(=O)OCCCCCCCCCCCCCCCCCCCCCCCCCCCCCCCCC(=O)NC(CO)C(O)/C=C/CCCCCCCCCCCCCCCC. The van der Waals surface area contributed by atoms with Gasteiger partial charge in [0.25, 0.3) is 0 Å². The van der Waals surface area contributed by atoms with Crippen molar-refractivity contribution in [2.75, 3.05) is 13.2 Å². The van der Waals surface area contributed by atoms with Crippen LogP contribution >= 0.6 is 0 Å². The van der Waals surface area contributed by atoms with Crippen LogP contribution in [0.3, 0.4) is 0 Å². The van der Waals surface area contributed by atoms with Gasteiger partial charge in [0, 0.05) is 12.8 Å². The van der Waals surface area contributed by atoms with E-state index >= 15 is 0 Å². The number of carbonyl (C=O) groups excluding carboxylic acids is 2. The van der Waals surface area contributed by atoms with Crippen LogP contribution in [-0.2, 0) is 14.3 Å². The summed E-state index contributed by atoms with van der Waals surface area (Å²) in [5.41, 5.74) is 0. The number of allylic oxidation sites excluding steroid dienone is 5. The molecular formula is C73H139NO5. The zero-order valence-electron chi connectivity index (χ0n) is 53.4. The highest BCUT2D eigenvalue weighted by Crippen LogP contribution is 2.19. The molecule has 0 aromatic rings. The van der Waals surface area contributed by atoms with Crippen LogP contribution in [0.1, 0.15) is 393 Å². The molecule has 0 aromatic carbocycles. The van der Waals surface area contributed by atoms with Crippen molar-refractivity contribution in [1.29, 1.82) is 0 Å². The minimum atomic E-state index is -0.842. The molecule has 3 N–H and O–H groups in total. The summed E-state index contributed by atoms with van der Waals surface area (Å²) < 4.78 is 5.49. The summed E-state index contributed by atoms with van der Waals surface area (Å²) in [6.07, 6.45) is 88.0. The lowest BCUT2D eigenvalue weighted by Gasteiger charge is -2.20. The van der Waals surface area contributed by atoms with Crippen molar-refractivity contribution in [3.8, 4) is 0 Å². The number of ether oxygens (including phenoxy) is 1. The molecule has 0 aliphatic heterocycles. The quantitative estimate of drug-likeness (QED) is 0.0320. The Hall–Kier alpha value is -1.92. The lowest BCUT2D eigenvalue weighted by molar-refractivity contribution is -0.143. The molecule has 79 heavy (non-hydrogen) atoms. The number of aliphatic hydroxyl groups excluding tert-OH is 2. The van der Waals surface area contributed by atoms with Gasteiger partial charge in [-0.1, -0.05) is 352 Å². The third-order valence-electron chi connectivity index (χ3n) is 16.7.